The number of hydrogen-bond acceptors (Lipinski definition) is 5. The number of nitrogens with one attached hydrogen (secondary N) is 1. The Bertz CT molecular complexity index is 1020. The maximum absolute atomic E-state index is 12.7. The standard InChI is InChI=1S/C21H26N4O2S/c1-14-15(2)28-20-19(14)21(27)25(13-23-20)11-10-18(26)22-12-17(24(3)4)16-8-6-5-7-9-16/h5-9,13,17H,10-12H2,1-4H3,(H,22,26)/t17-/m1/s1. The van der Waals surface area contributed by atoms with Crippen molar-refractivity contribution in [1.82, 2.24) is 19.8 Å². The summed E-state index contributed by atoms with van der Waals surface area (Å²) in [7, 11) is 3.99. The molecule has 1 N–H and O–H groups in total. The van der Waals surface area contributed by atoms with Crippen molar-refractivity contribution in [3.05, 3.63) is 63.0 Å². The highest BCUT2D eigenvalue weighted by Gasteiger charge is 2.16. The zero-order chi connectivity index (χ0) is 20.3. The Labute approximate surface area is 168 Å². The number of carbonyl (C=O) groups is 1. The van der Waals surface area contributed by atoms with E-state index in [9.17, 15) is 9.59 Å². The Balaban J connectivity index is 1.63. The summed E-state index contributed by atoms with van der Waals surface area (Å²) in [5.41, 5.74) is 2.06. The Hall–Kier alpha value is -2.51. The minimum Gasteiger partial charge on any atom is -0.354 e. The molecule has 0 saturated carbocycles. The summed E-state index contributed by atoms with van der Waals surface area (Å²) in [5.74, 6) is -0.0759. The molecule has 0 aliphatic rings. The largest absolute Gasteiger partial charge is 0.354 e. The van der Waals surface area contributed by atoms with E-state index in [-0.39, 0.29) is 23.9 Å². The number of amides is 1. The SMILES string of the molecule is Cc1sc2ncn(CCC(=O)NC[C@H](c3ccccc3)N(C)C)c(=O)c2c1C. The molecule has 0 bridgehead atoms. The fourth-order valence-electron chi connectivity index (χ4n) is 3.22. The molecule has 3 aromatic rings. The van der Waals surface area contributed by atoms with Crippen molar-refractivity contribution in [2.24, 2.45) is 0 Å². The number of fused-ring (bicyclic) bond motifs is 1. The van der Waals surface area contributed by atoms with Crippen molar-refractivity contribution in [3.8, 4) is 0 Å². The molecule has 0 unspecified atom stereocenters. The third kappa shape index (κ3) is 4.31. The lowest BCUT2D eigenvalue weighted by molar-refractivity contribution is -0.121. The molecular formula is C21H26N4O2S. The number of hydrogen-bond donors (Lipinski definition) is 1. The minimum absolute atomic E-state index is 0.0740. The quantitative estimate of drug-likeness (QED) is 0.665. The first-order valence-corrected chi connectivity index (χ1v) is 10.1. The van der Waals surface area contributed by atoms with Crippen LogP contribution in [0.5, 0.6) is 0 Å². The number of rotatable bonds is 7. The van der Waals surface area contributed by atoms with Crippen LogP contribution in [0.25, 0.3) is 10.2 Å². The number of benzene rings is 1. The van der Waals surface area contributed by atoms with Gasteiger partial charge in [0.2, 0.25) is 5.91 Å². The van der Waals surface area contributed by atoms with E-state index < -0.39 is 0 Å². The van der Waals surface area contributed by atoms with Crippen LogP contribution in [0.4, 0.5) is 0 Å². The van der Waals surface area contributed by atoms with Gasteiger partial charge < -0.3 is 10.2 Å². The normalized spacial score (nSPS) is 12.5. The average molecular weight is 399 g/mol. The molecule has 0 fully saturated rings. The monoisotopic (exact) mass is 398 g/mol. The van der Waals surface area contributed by atoms with Crippen LogP contribution in [0.1, 0.15) is 28.5 Å². The van der Waals surface area contributed by atoms with Gasteiger partial charge in [0.1, 0.15) is 4.83 Å². The first-order valence-electron chi connectivity index (χ1n) is 9.31. The van der Waals surface area contributed by atoms with E-state index in [2.05, 4.69) is 27.3 Å². The number of thiophene rings is 1. The smallest absolute Gasteiger partial charge is 0.262 e. The van der Waals surface area contributed by atoms with E-state index >= 15 is 0 Å². The molecule has 0 aliphatic heterocycles. The maximum Gasteiger partial charge on any atom is 0.262 e. The fraction of sp³-hybridized carbons (Fsp3) is 0.381. The van der Waals surface area contributed by atoms with Crippen LogP contribution in [0.3, 0.4) is 0 Å². The highest BCUT2D eigenvalue weighted by atomic mass is 32.1. The molecule has 2 aromatic heterocycles. The molecule has 1 atom stereocenters. The molecule has 6 nitrogen and oxygen atoms in total. The first-order chi connectivity index (χ1) is 13.4. The molecule has 7 heteroatoms. The first kappa shape index (κ1) is 20.2. The van der Waals surface area contributed by atoms with Gasteiger partial charge in [0.15, 0.2) is 0 Å². The molecule has 28 heavy (non-hydrogen) atoms. The Morgan fingerprint density at radius 3 is 2.64 bits per heavy atom. The van der Waals surface area contributed by atoms with Gasteiger partial charge in [-0.2, -0.15) is 0 Å². The zero-order valence-corrected chi connectivity index (χ0v) is 17.5. The van der Waals surface area contributed by atoms with Crippen LogP contribution in [-0.4, -0.2) is 41.0 Å². The van der Waals surface area contributed by atoms with Gasteiger partial charge in [0.25, 0.3) is 5.56 Å². The second-order valence-corrected chi connectivity index (χ2v) is 8.35. The lowest BCUT2D eigenvalue weighted by Gasteiger charge is -2.25. The molecule has 1 aromatic carbocycles. The molecule has 1 amide bonds. The van der Waals surface area contributed by atoms with Crippen molar-refractivity contribution in [2.75, 3.05) is 20.6 Å². The van der Waals surface area contributed by atoms with E-state index in [4.69, 9.17) is 0 Å². The summed E-state index contributed by atoms with van der Waals surface area (Å²) >= 11 is 1.53. The highest BCUT2D eigenvalue weighted by molar-refractivity contribution is 7.18. The summed E-state index contributed by atoms with van der Waals surface area (Å²) < 4.78 is 1.53. The van der Waals surface area contributed by atoms with Crippen molar-refractivity contribution in [1.29, 1.82) is 0 Å². The van der Waals surface area contributed by atoms with E-state index in [1.807, 2.05) is 46.1 Å². The van der Waals surface area contributed by atoms with E-state index in [1.54, 1.807) is 6.33 Å². The average Bonchev–Trinajstić information content (AvgIpc) is 2.96. The van der Waals surface area contributed by atoms with Gasteiger partial charge in [0, 0.05) is 24.4 Å². The second kappa shape index (κ2) is 8.67. The second-order valence-electron chi connectivity index (χ2n) is 7.15. The van der Waals surface area contributed by atoms with Crippen LogP contribution in [0.2, 0.25) is 0 Å². The van der Waals surface area contributed by atoms with Crippen LogP contribution in [-0.2, 0) is 11.3 Å². The molecule has 0 spiro atoms. The van der Waals surface area contributed by atoms with Gasteiger partial charge in [0.05, 0.1) is 17.8 Å². The lowest BCUT2D eigenvalue weighted by Crippen LogP contribution is -2.35. The number of aryl methyl sites for hydroxylation is 3. The van der Waals surface area contributed by atoms with Crippen LogP contribution in [0, 0.1) is 13.8 Å². The van der Waals surface area contributed by atoms with Crippen molar-refractivity contribution < 1.29 is 4.79 Å². The summed E-state index contributed by atoms with van der Waals surface area (Å²) in [6, 6.07) is 10.2. The zero-order valence-electron chi connectivity index (χ0n) is 16.7. The fourth-order valence-corrected chi connectivity index (χ4v) is 4.21. The number of nitrogens with zero attached hydrogens (tertiary/aromatic N) is 3. The molecule has 0 saturated heterocycles. The molecule has 0 radical (unpaired) electrons. The van der Waals surface area contributed by atoms with Crippen molar-refractivity contribution in [3.63, 3.8) is 0 Å². The summed E-state index contributed by atoms with van der Waals surface area (Å²) in [5, 5.41) is 3.66. The van der Waals surface area contributed by atoms with E-state index in [0.29, 0.717) is 18.5 Å². The maximum atomic E-state index is 12.7. The number of aromatic nitrogens is 2. The molecule has 0 aliphatic carbocycles. The molecule has 2 heterocycles. The van der Waals surface area contributed by atoms with Crippen LogP contribution < -0.4 is 10.9 Å². The third-order valence-corrected chi connectivity index (χ3v) is 6.15. The van der Waals surface area contributed by atoms with Crippen molar-refractivity contribution in [2.45, 2.75) is 32.9 Å². The van der Waals surface area contributed by atoms with Crippen LogP contribution in [0.15, 0.2) is 41.5 Å². The van der Waals surface area contributed by atoms with E-state index in [0.717, 1.165) is 20.8 Å². The Kier molecular flexibility index (Phi) is 6.26. The molecular weight excluding hydrogens is 372 g/mol. The summed E-state index contributed by atoms with van der Waals surface area (Å²) in [6.07, 6.45) is 1.78. The van der Waals surface area contributed by atoms with Crippen molar-refractivity contribution >= 4 is 27.5 Å². The minimum atomic E-state index is -0.0759. The van der Waals surface area contributed by atoms with Gasteiger partial charge in [-0.3, -0.25) is 14.2 Å². The summed E-state index contributed by atoms with van der Waals surface area (Å²) in [6.45, 7) is 4.77. The van der Waals surface area contributed by atoms with Crippen LogP contribution >= 0.6 is 11.3 Å². The van der Waals surface area contributed by atoms with Gasteiger partial charge in [-0.1, -0.05) is 30.3 Å². The molecule has 148 valence electrons. The lowest BCUT2D eigenvalue weighted by atomic mass is 10.1. The molecule has 3 rings (SSSR count). The predicted octanol–water partition coefficient (Wildman–Crippen LogP) is 2.88. The number of likely N-dealkylation sites (N-methyl/N-ethyl adjacent to an activating group) is 1. The Morgan fingerprint density at radius 2 is 1.96 bits per heavy atom. The van der Waals surface area contributed by atoms with Gasteiger partial charge >= 0.3 is 0 Å². The third-order valence-electron chi connectivity index (χ3n) is 5.04. The number of carbonyl (C=O) groups excluding carboxylic acids is 1. The Morgan fingerprint density at radius 1 is 1.25 bits per heavy atom. The predicted molar refractivity (Wildman–Crippen MR) is 114 cm³/mol. The highest BCUT2D eigenvalue weighted by Crippen LogP contribution is 2.25. The van der Waals surface area contributed by atoms with Gasteiger partial charge in [-0.15, -0.1) is 11.3 Å². The van der Waals surface area contributed by atoms with Gasteiger partial charge in [-0.05, 0) is 39.1 Å². The summed E-state index contributed by atoms with van der Waals surface area (Å²) in [4.78, 5) is 33.4. The topological polar surface area (TPSA) is 67.2 Å². The van der Waals surface area contributed by atoms with E-state index in [1.165, 1.54) is 15.9 Å². The van der Waals surface area contributed by atoms with Gasteiger partial charge in [-0.25, -0.2) is 4.98 Å².